The normalized spacial score (nSPS) is 27.5. The molecule has 1 heterocycles. The highest BCUT2D eigenvalue weighted by molar-refractivity contribution is 14.1. The van der Waals surface area contributed by atoms with Gasteiger partial charge in [-0.05, 0) is 36.4 Å². The van der Waals surface area contributed by atoms with E-state index in [-0.39, 0.29) is 5.54 Å². The molecule has 0 radical (unpaired) electrons. The van der Waals surface area contributed by atoms with E-state index in [1.165, 1.54) is 0 Å². The van der Waals surface area contributed by atoms with E-state index >= 15 is 0 Å². The van der Waals surface area contributed by atoms with Crippen LogP contribution in [0, 0.1) is 0 Å². The third-order valence-electron chi connectivity index (χ3n) is 1.74. The molecule has 0 aromatic carbocycles. The zero-order valence-electron chi connectivity index (χ0n) is 7.72. The fourth-order valence-corrected chi connectivity index (χ4v) is 2.19. The summed E-state index contributed by atoms with van der Waals surface area (Å²) in [6, 6.07) is 0. The summed E-state index contributed by atoms with van der Waals surface area (Å²) in [6.45, 7) is 7.93. The van der Waals surface area contributed by atoms with Gasteiger partial charge in [0, 0.05) is 25.2 Å². The molecule has 3 nitrogen and oxygen atoms in total. The van der Waals surface area contributed by atoms with Crippen LogP contribution in [-0.2, 0) is 4.74 Å². The molecular weight excluding hydrogens is 267 g/mol. The molecule has 0 bridgehead atoms. The highest BCUT2D eigenvalue weighted by Gasteiger charge is 2.22. The van der Waals surface area contributed by atoms with Crippen molar-refractivity contribution in [1.82, 2.24) is 4.90 Å². The summed E-state index contributed by atoms with van der Waals surface area (Å²) in [5.74, 6) is 0. The summed E-state index contributed by atoms with van der Waals surface area (Å²) in [4.78, 5) is 2.36. The summed E-state index contributed by atoms with van der Waals surface area (Å²) in [5.41, 5.74) is 5.84. The predicted molar refractivity (Wildman–Crippen MR) is 58.5 cm³/mol. The number of morpholine rings is 1. The van der Waals surface area contributed by atoms with E-state index in [4.69, 9.17) is 10.5 Å². The molecule has 12 heavy (non-hydrogen) atoms. The van der Waals surface area contributed by atoms with Gasteiger partial charge in [0.2, 0.25) is 0 Å². The monoisotopic (exact) mass is 284 g/mol. The molecule has 1 fully saturated rings. The van der Waals surface area contributed by atoms with Gasteiger partial charge >= 0.3 is 0 Å². The quantitative estimate of drug-likeness (QED) is 0.602. The van der Waals surface area contributed by atoms with Crippen molar-refractivity contribution < 1.29 is 4.74 Å². The van der Waals surface area contributed by atoms with Crippen molar-refractivity contribution in [2.24, 2.45) is 5.73 Å². The van der Waals surface area contributed by atoms with Gasteiger partial charge in [-0.2, -0.15) is 0 Å². The van der Waals surface area contributed by atoms with Crippen molar-refractivity contribution in [3.63, 3.8) is 0 Å². The summed E-state index contributed by atoms with van der Waals surface area (Å²) in [6.07, 6.45) is 0. The molecule has 0 aromatic heterocycles. The lowest BCUT2D eigenvalue weighted by atomic mass is 10.1. The molecular formula is C8H17IN2O. The van der Waals surface area contributed by atoms with Gasteiger partial charge in [0.05, 0.1) is 6.61 Å². The van der Waals surface area contributed by atoms with Gasteiger partial charge < -0.3 is 10.5 Å². The molecule has 1 atom stereocenters. The van der Waals surface area contributed by atoms with E-state index in [9.17, 15) is 0 Å². The molecule has 72 valence electrons. The molecule has 0 aromatic rings. The lowest BCUT2D eigenvalue weighted by Crippen LogP contribution is -2.50. The Kier molecular flexibility index (Phi) is 3.75. The zero-order valence-corrected chi connectivity index (χ0v) is 9.87. The second-order valence-electron chi connectivity index (χ2n) is 4.00. The standard InChI is InChI=1S/C8H17IN2O/c1-8(2,10)6-11-3-4-12-7(9)5-11/h7H,3-6,10H2,1-2H3. The summed E-state index contributed by atoms with van der Waals surface area (Å²) in [7, 11) is 0. The minimum absolute atomic E-state index is 0.0896. The molecule has 0 spiro atoms. The number of halogens is 1. The van der Waals surface area contributed by atoms with Crippen LogP contribution in [-0.4, -0.2) is 40.8 Å². The van der Waals surface area contributed by atoms with E-state index in [0.717, 1.165) is 26.2 Å². The first-order chi connectivity index (χ1) is 5.47. The number of rotatable bonds is 2. The van der Waals surface area contributed by atoms with Crippen molar-refractivity contribution in [3.8, 4) is 0 Å². The van der Waals surface area contributed by atoms with Crippen LogP contribution >= 0.6 is 22.6 Å². The van der Waals surface area contributed by atoms with Crippen LogP contribution in [0.2, 0.25) is 0 Å². The first-order valence-electron chi connectivity index (χ1n) is 4.24. The van der Waals surface area contributed by atoms with E-state index in [1.807, 2.05) is 0 Å². The van der Waals surface area contributed by atoms with Crippen LogP contribution in [0.25, 0.3) is 0 Å². The van der Waals surface area contributed by atoms with Crippen molar-refractivity contribution >= 4 is 22.6 Å². The van der Waals surface area contributed by atoms with Crippen molar-refractivity contribution in [1.29, 1.82) is 0 Å². The number of alkyl halides is 1. The summed E-state index contributed by atoms with van der Waals surface area (Å²) < 4.78 is 5.76. The van der Waals surface area contributed by atoms with Gasteiger partial charge in [-0.3, -0.25) is 4.90 Å². The largest absolute Gasteiger partial charge is 0.365 e. The number of nitrogens with zero attached hydrogens (tertiary/aromatic N) is 1. The fraction of sp³-hybridized carbons (Fsp3) is 1.00. The molecule has 1 aliphatic rings. The summed E-state index contributed by atoms with van der Waals surface area (Å²) >= 11 is 2.32. The lowest BCUT2D eigenvalue weighted by molar-refractivity contribution is 0.0198. The van der Waals surface area contributed by atoms with Crippen LogP contribution in [0.15, 0.2) is 0 Å². The average molecular weight is 284 g/mol. The first-order valence-corrected chi connectivity index (χ1v) is 5.49. The Balaban J connectivity index is 2.32. The third kappa shape index (κ3) is 4.02. The predicted octanol–water partition coefficient (Wildman–Crippen LogP) is 0.817. The Hall–Kier alpha value is 0.610. The molecule has 0 amide bonds. The Morgan fingerprint density at radius 3 is 2.83 bits per heavy atom. The van der Waals surface area contributed by atoms with E-state index in [0.29, 0.717) is 4.11 Å². The van der Waals surface area contributed by atoms with Crippen molar-refractivity contribution in [3.05, 3.63) is 0 Å². The van der Waals surface area contributed by atoms with E-state index in [2.05, 4.69) is 41.3 Å². The number of hydrogen-bond donors (Lipinski definition) is 1. The second kappa shape index (κ2) is 4.21. The van der Waals surface area contributed by atoms with Crippen LogP contribution in [0.4, 0.5) is 0 Å². The highest BCUT2D eigenvalue weighted by atomic mass is 127. The van der Waals surface area contributed by atoms with Crippen LogP contribution < -0.4 is 5.73 Å². The number of nitrogens with two attached hydrogens (primary N) is 1. The maximum atomic E-state index is 5.93. The van der Waals surface area contributed by atoms with Crippen LogP contribution in [0.1, 0.15) is 13.8 Å². The van der Waals surface area contributed by atoms with Gasteiger partial charge in [-0.15, -0.1) is 0 Å². The van der Waals surface area contributed by atoms with E-state index < -0.39 is 0 Å². The van der Waals surface area contributed by atoms with Gasteiger partial charge in [0.25, 0.3) is 0 Å². The first kappa shape index (κ1) is 10.7. The van der Waals surface area contributed by atoms with Crippen LogP contribution in [0.3, 0.4) is 0 Å². The van der Waals surface area contributed by atoms with E-state index in [1.54, 1.807) is 0 Å². The fourth-order valence-electron chi connectivity index (χ4n) is 1.38. The zero-order chi connectivity index (χ0) is 9.19. The van der Waals surface area contributed by atoms with Crippen LogP contribution in [0.5, 0.6) is 0 Å². The average Bonchev–Trinajstić information content (AvgIpc) is 1.82. The summed E-state index contributed by atoms with van der Waals surface area (Å²) in [5, 5.41) is 0. The molecule has 2 N–H and O–H groups in total. The lowest BCUT2D eigenvalue weighted by Gasteiger charge is -2.34. The molecule has 0 saturated carbocycles. The maximum Gasteiger partial charge on any atom is 0.121 e. The van der Waals surface area contributed by atoms with Crippen molar-refractivity contribution in [2.45, 2.75) is 23.5 Å². The van der Waals surface area contributed by atoms with Gasteiger partial charge in [-0.1, -0.05) is 0 Å². The third-order valence-corrected chi connectivity index (χ3v) is 2.49. The minimum Gasteiger partial charge on any atom is -0.365 e. The SMILES string of the molecule is CC(C)(N)CN1CCOC(I)C1. The second-order valence-corrected chi connectivity index (χ2v) is 5.39. The topological polar surface area (TPSA) is 38.5 Å². The minimum atomic E-state index is -0.0896. The molecule has 1 saturated heterocycles. The Morgan fingerprint density at radius 1 is 1.67 bits per heavy atom. The highest BCUT2D eigenvalue weighted by Crippen LogP contribution is 2.12. The molecule has 0 aliphatic carbocycles. The van der Waals surface area contributed by atoms with Gasteiger partial charge in [0.1, 0.15) is 4.11 Å². The Labute approximate surface area is 87.8 Å². The molecule has 1 unspecified atom stereocenters. The molecule has 4 heteroatoms. The Bertz CT molecular complexity index is 146. The van der Waals surface area contributed by atoms with Gasteiger partial charge in [-0.25, -0.2) is 0 Å². The molecule has 1 aliphatic heterocycles. The number of hydrogen-bond acceptors (Lipinski definition) is 3. The van der Waals surface area contributed by atoms with Crippen molar-refractivity contribution in [2.75, 3.05) is 26.2 Å². The molecule has 1 rings (SSSR count). The Morgan fingerprint density at radius 2 is 2.33 bits per heavy atom. The number of ether oxygens (including phenoxy) is 1. The smallest absolute Gasteiger partial charge is 0.121 e. The maximum absolute atomic E-state index is 5.93. The van der Waals surface area contributed by atoms with Gasteiger partial charge in [0.15, 0.2) is 0 Å².